The number of hydrogen-bond donors (Lipinski definition) is 0. The normalized spacial score (nSPS) is 23.2. The van der Waals surface area contributed by atoms with Crippen LogP contribution in [0.3, 0.4) is 0 Å². The second kappa shape index (κ2) is 6.40. The number of ether oxygens (including phenoxy) is 2. The molecular formula is C21H22O3. The highest BCUT2D eigenvalue weighted by molar-refractivity contribution is 5.80. The van der Waals surface area contributed by atoms with Crippen LogP contribution in [0.4, 0.5) is 0 Å². The van der Waals surface area contributed by atoms with E-state index in [2.05, 4.69) is 37.3 Å². The minimum absolute atomic E-state index is 0.0916. The van der Waals surface area contributed by atoms with Crippen LogP contribution in [0.25, 0.3) is 11.1 Å². The molecule has 2 unspecified atom stereocenters. The van der Waals surface area contributed by atoms with Crippen molar-refractivity contribution in [1.82, 2.24) is 0 Å². The molecule has 1 saturated carbocycles. The van der Waals surface area contributed by atoms with Crippen LogP contribution in [-0.4, -0.2) is 18.2 Å². The summed E-state index contributed by atoms with van der Waals surface area (Å²) in [5.74, 6) is -0.202. The zero-order valence-electron chi connectivity index (χ0n) is 13.9. The molecule has 1 aliphatic heterocycles. The van der Waals surface area contributed by atoms with Crippen LogP contribution < -0.4 is 0 Å². The lowest BCUT2D eigenvalue weighted by atomic mass is 9.95. The zero-order chi connectivity index (χ0) is 16.5. The van der Waals surface area contributed by atoms with Gasteiger partial charge in [-0.15, -0.1) is 0 Å². The second-order valence-electron chi connectivity index (χ2n) is 6.78. The molecule has 0 bridgehead atoms. The van der Waals surface area contributed by atoms with E-state index >= 15 is 0 Å². The standard InChI is InChI=1S/C21H22O3/c1-14-11-12-17(18(13-14)15-7-3-2-4-8-15)19-20(24-19)21(22)23-16-9-5-6-10-16/h2-4,7-8,11-13,16,19-20H,5-6,9-10H2,1H3. The summed E-state index contributed by atoms with van der Waals surface area (Å²) in [4.78, 5) is 12.3. The summed E-state index contributed by atoms with van der Waals surface area (Å²) < 4.78 is 11.3. The molecule has 0 radical (unpaired) electrons. The third-order valence-corrected chi connectivity index (χ3v) is 4.91. The van der Waals surface area contributed by atoms with Gasteiger partial charge in [0, 0.05) is 0 Å². The predicted octanol–water partition coefficient (Wildman–Crippen LogP) is 4.59. The molecule has 2 atom stereocenters. The van der Waals surface area contributed by atoms with Gasteiger partial charge >= 0.3 is 5.97 Å². The van der Waals surface area contributed by atoms with E-state index in [0.29, 0.717) is 0 Å². The Morgan fingerprint density at radius 1 is 1.08 bits per heavy atom. The lowest BCUT2D eigenvalue weighted by Crippen LogP contribution is -2.19. The Morgan fingerprint density at radius 2 is 1.83 bits per heavy atom. The maximum atomic E-state index is 12.3. The quantitative estimate of drug-likeness (QED) is 0.610. The summed E-state index contributed by atoms with van der Waals surface area (Å²) in [5.41, 5.74) is 4.55. The minimum Gasteiger partial charge on any atom is -0.460 e. The number of carbonyl (C=O) groups is 1. The second-order valence-corrected chi connectivity index (χ2v) is 6.78. The van der Waals surface area contributed by atoms with Crippen molar-refractivity contribution in [2.75, 3.05) is 0 Å². The molecule has 2 aromatic carbocycles. The predicted molar refractivity (Wildman–Crippen MR) is 92.6 cm³/mol. The largest absolute Gasteiger partial charge is 0.460 e. The van der Waals surface area contributed by atoms with Crippen LogP contribution in [-0.2, 0) is 14.3 Å². The van der Waals surface area contributed by atoms with Gasteiger partial charge in [-0.05, 0) is 49.3 Å². The number of rotatable bonds is 4. The molecule has 4 rings (SSSR count). The van der Waals surface area contributed by atoms with Crippen molar-refractivity contribution in [1.29, 1.82) is 0 Å². The highest BCUT2D eigenvalue weighted by Gasteiger charge is 2.49. The average Bonchev–Trinajstić information content (AvgIpc) is 3.24. The summed E-state index contributed by atoms with van der Waals surface area (Å²) in [6.45, 7) is 2.08. The molecule has 3 nitrogen and oxygen atoms in total. The molecule has 0 amide bonds. The van der Waals surface area contributed by atoms with Gasteiger partial charge in [0.05, 0.1) is 0 Å². The SMILES string of the molecule is Cc1ccc(C2OC2C(=O)OC2CCCC2)c(-c2ccccc2)c1. The van der Waals surface area contributed by atoms with Crippen molar-refractivity contribution in [2.45, 2.75) is 50.9 Å². The van der Waals surface area contributed by atoms with Crippen molar-refractivity contribution in [2.24, 2.45) is 0 Å². The van der Waals surface area contributed by atoms with E-state index in [0.717, 1.165) is 42.4 Å². The van der Waals surface area contributed by atoms with Gasteiger partial charge in [-0.2, -0.15) is 0 Å². The van der Waals surface area contributed by atoms with E-state index in [1.807, 2.05) is 18.2 Å². The molecule has 2 fully saturated rings. The van der Waals surface area contributed by atoms with Crippen LogP contribution in [0.15, 0.2) is 48.5 Å². The Bertz CT molecular complexity index is 732. The summed E-state index contributed by atoms with van der Waals surface area (Å²) >= 11 is 0. The molecule has 1 aliphatic carbocycles. The van der Waals surface area contributed by atoms with E-state index in [9.17, 15) is 4.79 Å². The third-order valence-electron chi connectivity index (χ3n) is 4.91. The Hall–Kier alpha value is -2.13. The highest BCUT2D eigenvalue weighted by atomic mass is 16.6. The van der Waals surface area contributed by atoms with Gasteiger partial charge < -0.3 is 9.47 Å². The molecule has 0 N–H and O–H groups in total. The number of benzene rings is 2. The van der Waals surface area contributed by atoms with E-state index in [1.54, 1.807) is 0 Å². The molecule has 3 heteroatoms. The topological polar surface area (TPSA) is 38.8 Å². The summed E-state index contributed by atoms with van der Waals surface area (Å²) in [5, 5.41) is 0. The molecule has 1 heterocycles. The molecular weight excluding hydrogens is 300 g/mol. The molecule has 1 saturated heterocycles. The molecule has 2 aliphatic rings. The molecule has 2 aromatic rings. The monoisotopic (exact) mass is 322 g/mol. The van der Waals surface area contributed by atoms with Crippen LogP contribution in [0.5, 0.6) is 0 Å². The smallest absolute Gasteiger partial charge is 0.338 e. The third kappa shape index (κ3) is 3.09. The molecule has 0 aromatic heterocycles. The van der Waals surface area contributed by atoms with Gasteiger partial charge in [0.25, 0.3) is 0 Å². The van der Waals surface area contributed by atoms with Crippen LogP contribution in [0.2, 0.25) is 0 Å². The fourth-order valence-electron chi connectivity index (χ4n) is 3.55. The fraction of sp³-hybridized carbons (Fsp3) is 0.381. The average molecular weight is 322 g/mol. The number of hydrogen-bond acceptors (Lipinski definition) is 3. The van der Waals surface area contributed by atoms with Gasteiger partial charge in [0.2, 0.25) is 0 Å². The van der Waals surface area contributed by atoms with E-state index in [4.69, 9.17) is 9.47 Å². The van der Waals surface area contributed by atoms with Crippen molar-refractivity contribution in [3.63, 3.8) is 0 Å². The van der Waals surface area contributed by atoms with E-state index < -0.39 is 6.10 Å². The van der Waals surface area contributed by atoms with Crippen LogP contribution in [0.1, 0.15) is 42.9 Å². The Kier molecular flexibility index (Phi) is 4.11. The van der Waals surface area contributed by atoms with Crippen LogP contribution in [0, 0.1) is 6.92 Å². The summed E-state index contributed by atoms with van der Waals surface area (Å²) in [6.07, 6.45) is 3.75. The Morgan fingerprint density at radius 3 is 2.58 bits per heavy atom. The molecule has 0 spiro atoms. The zero-order valence-corrected chi connectivity index (χ0v) is 13.9. The molecule has 124 valence electrons. The highest BCUT2D eigenvalue weighted by Crippen LogP contribution is 2.44. The number of esters is 1. The fourth-order valence-corrected chi connectivity index (χ4v) is 3.55. The first kappa shape index (κ1) is 15.4. The lowest BCUT2D eigenvalue weighted by molar-refractivity contribution is -0.150. The maximum Gasteiger partial charge on any atom is 0.338 e. The van der Waals surface area contributed by atoms with Gasteiger partial charge in [-0.25, -0.2) is 4.79 Å². The van der Waals surface area contributed by atoms with E-state index in [1.165, 1.54) is 5.56 Å². The van der Waals surface area contributed by atoms with Gasteiger partial charge in [-0.3, -0.25) is 0 Å². The molecule has 24 heavy (non-hydrogen) atoms. The van der Waals surface area contributed by atoms with Gasteiger partial charge in [0.1, 0.15) is 12.2 Å². The number of epoxide rings is 1. The van der Waals surface area contributed by atoms with Gasteiger partial charge in [-0.1, -0.05) is 54.1 Å². The first-order chi connectivity index (χ1) is 11.7. The Balaban J connectivity index is 1.54. The van der Waals surface area contributed by atoms with Crippen molar-refractivity contribution >= 4 is 5.97 Å². The Labute approximate surface area is 142 Å². The van der Waals surface area contributed by atoms with Crippen molar-refractivity contribution in [3.05, 3.63) is 59.7 Å². The first-order valence-electron chi connectivity index (χ1n) is 8.74. The van der Waals surface area contributed by atoms with Crippen molar-refractivity contribution < 1.29 is 14.3 Å². The summed E-state index contributed by atoms with van der Waals surface area (Å²) in [7, 11) is 0. The van der Waals surface area contributed by atoms with Gasteiger partial charge in [0.15, 0.2) is 6.10 Å². The summed E-state index contributed by atoms with van der Waals surface area (Å²) in [6, 6.07) is 16.6. The van der Waals surface area contributed by atoms with Crippen molar-refractivity contribution in [3.8, 4) is 11.1 Å². The number of carbonyl (C=O) groups excluding carboxylic acids is 1. The maximum absolute atomic E-state index is 12.3. The first-order valence-corrected chi connectivity index (χ1v) is 8.74. The van der Waals surface area contributed by atoms with E-state index in [-0.39, 0.29) is 18.2 Å². The lowest BCUT2D eigenvalue weighted by Gasteiger charge is -2.11. The minimum atomic E-state index is -0.448. The number of aryl methyl sites for hydroxylation is 1. The van der Waals surface area contributed by atoms with Crippen LogP contribution >= 0.6 is 0 Å².